The predicted octanol–water partition coefficient (Wildman–Crippen LogP) is 8.78. The van der Waals surface area contributed by atoms with Crippen molar-refractivity contribution < 1.29 is 14.3 Å². The zero-order valence-corrected chi connectivity index (χ0v) is 22.8. The van der Waals surface area contributed by atoms with Crippen molar-refractivity contribution in [2.75, 3.05) is 0 Å². The maximum absolute atomic E-state index is 13.7. The Bertz CT molecular complexity index is 1830. The second-order valence-corrected chi connectivity index (χ2v) is 10.2. The van der Waals surface area contributed by atoms with Crippen LogP contribution in [0.5, 0.6) is 11.5 Å². The van der Waals surface area contributed by atoms with Gasteiger partial charge in [0, 0.05) is 10.8 Å². The lowest BCUT2D eigenvalue weighted by Gasteiger charge is -2.15. The average Bonchev–Trinajstić information content (AvgIpc) is 2.97. The number of benzene rings is 5. The first kappa shape index (κ1) is 25.3. The van der Waals surface area contributed by atoms with Crippen molar-refractivity contribution in [1.29, 1.82) is 0 Å². The highest BCUT2D eigenvalue weighted by Crippen LogP contribution is 2.33. The van der Waals surface area contributed by atoms with E-state index in [1.54, 1.807) is 0 Å². The van der Waals surface area contributed by atoms with Crippen LogP contribution in [0.4, 0.5) is 0 Å². The summed E-state index contributed by atoms with van der Waals surface area (Å²) in [7, 11) is 0. The summed E-state index contributed by atoms with van der Waals surface area (Å²) in [4.78, 5) is 18.6. The van der Waals surface area contributed by atoms with Crippen molar-refractivity contribution in [1.82, 2.24) is 4.98 Å². The molecule has 0 unspecified atom stereocenters. The lowest BCUT2D eigenvalue weighted by molar-refractivity contribution is 0.0736. The largest absolute Gasteiger partial charge is 0.489 e. The fourth-order valence-electron chi connectivity index (χ4n) is 5.25. The van der Waals surface area contributed by atoms with Gasteiger partial charge in [0.1, 0.15) is 18.1 Å². The van der Waals surface area contributed by atoms with Crippen LogP contribution in [0.1, 0.15) is 32.6 Å². The van der Waals surface area contributed by atoms with Crippen molar-refractivity contribution in [3.05, 3.63) is 137 Å². The van der Waals surface area contributed by atoms with E-state index >= 15 is 0 Å². The van der Waals surface area contributed by atoms with E-state index < -0.39 is 0 Å². The number of hydrogen-bond donors (Lipinski definition) is 0. The van der Waals surface area contributed by atoms with Gasteiger partial charge in [-0.3, -0.25) is 0 Å². The topological polar surface area (TPSA) is 48.4 Å². The first-order valence-electron chi connectivity index (χ1n) is 13.4. The Morgan fingerprint density at radius 2 is 1.32 bits per heavy atom. The zero-order chi connectivity index (χ0) is 27.6. The lowest BCUT2D eigenvalue weighted by Crippen LogP contribution is -2.12. The Morgan fingerprint density at radius 1 is 0.675 bits per heavy atom. The number of nitrogens with zero attached hydrogens (tertiary/aromatic N) is 1. The van der Waals surface area contributed by atoms with Gasteiger partial charge in [0.05, 0.1) is 16.6 Å². The molecule has 0 saturated carbocycles. The number of carbonyl (C=O) groups is 1. The van der Waals surface area contributed by atoms with E-state index in [4.69, 9.17) is 14.5 Å². The highest BCUT2D eigenvalue weighted by Gasteiger charge is 2.20. The third-order valence-corrected chi connectivity index (χ3v) is 7.12. The first-order chi connectivity index (χ1) is 19.5. The van der Waals surface area contributed by atoms with Crippen molar-refractivity contribution in [2.45, 2.75) is 27.4 Å². The molecule has 0 spiro atoms. The number of fused-ring (bicyclic) bond motifs is 2. The Labute approximate surface area is 233 Å². The van der Waals surface area contributed by atoms with Crippen LogP contribution in [-0.4, -0.2) is 11.0 Å². The van der Waals surface area contributed by atoms with Crippen molar-refractivity contribution in [2.24, 2.45) is 0 Å². The molecule has 0 bridgehead atoms. The van der Waals surface area contributed by atoms with Gasteiger partial charge in [0.25, 0.3) is 0 Å². The van der Waals surface area contributed by atoms with Crippen LogP contribution in [0.15, 0.2) is 109 Å². The number of hydrogen-bond acceptors (Lipinski definition) is 4. The van der Waals surface area contributed by atoms with Crippen LogP contribution in [-0.2, 0) is 6.61 Å². The molecular weight excluding hydrogens is 494 g/mol. The molecule has 0 N–H and O–H groups in total. The number of esters is 1. The molecular formula is C36H29NO3. The van der Waals surface area contributed by atoms with Crippen LogP contribution in [0.25, 0.3) is 32.9 Å². The van der Waals surface area contributed by atoms with Gasteiger partial charge in [0.15, 0.2) is 0 Å². The monoisotopic (exact) mass is 523 g/mol. The number of aromatic nitrogens is 1. The SMILES string of the molecule is Cc1cc(C)c(OC(=O)c2c3ccccc3nc3cc(-c4ccc(OCc5ccccc5)cc4)ccc23)c(C)c1. The highest BCUT2D eigenvalue weighted by atomic mass is 16.5. The van der Waals surface area contributed by atoms with Crippen molar-refractivity contribution in [3.63, 3.8) is 0 Å². The standard InChI is InChI=1S/C36H29NO3/c1-23-19-24(2)35(25(3)20-23)40-36(38)34-30-11-7-8-12-32(30)37-33-21-28(15-18-31(33)34)27-13-16-29(17-14-27)39-22-26-9-5-4-6-10-26/h4-21H,22H2,1-3H3. The van der Waals surface area contributed by atoms with Crippen molar-refractivity contribution in [3.8, 4) is 22.6 Å². The average molecular weight is 524 g/mol. The molecule has 0 aliphatic carbocycles. The maximum Gasteiger partial charge on any atom is 0.344 e. The molecule has 40 heavy (non-hydrogen) atoms. The highest BCUT2D eigenvalue weighted by molar-refractivity contribution is 6.15. The first-order valence-corrected chi connectivity index (χ1v) is 13.4. The van der Waals surface area contributed by atoms with Gasteiger partial charge in [-0.25, -0.2) is 9.78 Å². The normalized spacial score (nSPS) is 11.1. The number of ether oxygens (including phenoxy) is 2. The molecule has 0 saturated heterocycles. The second kappa shape index (κ2) is 10.7. The van der Waals surface area contributed by atoms with E-state index in [2.05, 4.69) is 0 Å². The number of carbonyl (C=O) groups excluding carboxylic acids is 1. The van der Waals surface area contributed by atoms with Gasteiger partial charge in [-0.1, -0.05) is 90.5 Å². The number of aryl methyl sites for hydroxylation is 3. The predicted molar refractivity (Wildman–Crippen MR) is 161 cm³/mol. The molecule has 196 valence electrons. The minimum atomic E-state index is -0.383. The van der Waals surface area contributed by atoms with Gasteiger partial charge < -0.3 is 9.47 Å². The van der Waals surface area contributed by atoms with Crippen molar-refractivity contribution >= 4 is 27.8 Å². The van der Waals surface area contributed by atoms with Gasteiger partial charge in [-0.2, -0.15) is 0 Å². The summed E-state index contributed by atoms with van der Waals surface area (Å²) in [5.41, 5.74) is 8.20. The summed E-state index contributed by atoms with van der Waals surface area (Å²) < 4.78 is 12.0. The number of rotatable bonds is 6. The minimum Gasteiger partial charge on any atom is -0.489 e. The fourth-order valence-corrected chi connectivity index (χ4v) is 5.25. The quantitative estimate of drug-likeness (QED) is 0.124. The van der Waals surface area contributed by atoms with Gasteiger partial charge in [0.2, 0.25) is 0 Å². The van der Waals surface area contributed by atoms with Crippen LogP contribution in [0.3, 0.4) is 0 Å². The minimum absolute atomic E-state index is 0.383. The van der Waals surface area contributed by atoms with Crippen LogP contribution in [0, 0.1) is 20.8 Å². The van der Waals surface area contributed by atoms with E-state index in [1.165, 1.54) is 0 Å². The van der Waals surface area contributed by atoms with Crippen LogP contribution in [0.2, 0.25) is 0 Å². The Kier molecular flexibility index (Phi) is 6.75. The summed E-state index contributed by atoms with van der Waals surface area (Å²) in [6, 6.07) is 35.9. The van der Waals surface area contributed by atoms with Gasteiger partial charge >= 0.3 is 5.97 Å². The van der Waals surface area contributed by atoms with E-state index in [9.17, 15) is 4.79 Å². The smallest absolute Gasteiger partial charge is 0.344 e. The Morgan fingerprint density at radius 3 is 2.08 bits per heavy atom. The van der Waals surface area contributed by atoms with E-state index in [-0.39, 0.29) is 5.97 Å². The third kappa shape index (κ3) is 5.04. The maximum atomic E-state index is 13.7. The third-order valence-electron chi connectivity index (χ3n) is 7.12. The zero-order valence-electron chi connectivity index (χ0n) is 22.8. The van der Waals surface area contributed by atoms with Crippen LogP contribution >= 0.6 is 0 Å². The summed E-state index contributed by atoms with van der Waals surface area (Å²) in [6.45, 7) is 6.50. The molecule has 0 radical (unpaired) electrons. The molecule has 6 rings (SSSR count). The molecule has 0 atom stereocenters. The molecule has 5 aromatic carbocycles. The lowest BCUT2D eigenvalue weighted by atomic mass is 9.98. The van der Waals surface area contributed by atoms with E-state index in [0.717, 1.165) is 60.9 Å². The summed E-state index contributed by atoms with van der Waals surface area (Å²) in [5, 5.41) is 1.53. The van der Waals surface area contributed by atoms with E-state index in [1.807, 2.05) is 130 Å². The molecule has 0 aliphatic heterocycles. The summed E-state index contributed by atoms with van der Waals surface area (Å²) in [5.74, 6) is 1.03. The van der Waals surface area contributed by atoms with E-state index in [0.29, 0.717) is 17.9 Å². The summed E-state index contributed by atoms with van der Waals surface area (Å²) in [6.07, 6.45) is 0. The number of pyridine rings is 1. The fraction of sp³-hybridized carbons (Fsp3) is 0.111. The molecule has 1 aromatic heterocycles. The molecule has 6 aromatic rings. The molecule has 0 aliphatic rings. The molecule has 0 fully saturated rings. The van der Waals surface area contributed by atoms with Crippen LogP contribution < -0.4 is 9.47 Å². The number of para-hydroxylation sites is 1. The van der Waals surface area contributed by atoms with Gasteiger partial charge in [-0.15, -0.1) is 0 Å². The Balaban J connectivity index is 1.34. The second-order valence-electron chi connectivity index (χ2n) is 10.2. The summed E-state index contributed by atoms with van der Waals surface area (Å²) >= 11 is 0. The van der Waals surface area contributed by atoms with Gasteiger partial charge in [-0.05, 0) is 72.9 Å². The molecule has 0 amide bonds. The Hall–Kier alpha value is -4.96. The molecule has 4 nitrogen and oxygen atoms in total. The molecule has 1 heterocycles. The molecule has 4 heteroatoms.